The van der Waals surface area contributed by atoms with Gasteiger partial charge in [-0.2, -0.15) is 0 Å². The fourth-order valence-corrected chi connectivity index (χ4v) is 3.48. The van der Waals surface area contributed by atoms with Gasteiger partial charge in [-0.3, -0.25) is 0 Å². The second-order valence-electron chi connectivity index (χ2n) is 5.37. The van der Waals surface area contributed by atoms with Crippen molar-refractivity contribution in [3.05, 3.63) is 23.3 Å². The van der Waals surface area contributed by atoms with Crippen molar-refractivity contribution < 1.29 is 13.2 Å². The number of nitrogens with one attached hydrogen (secondary N) is 2. The third-order valence-corrected chi connectivity index (χ3v) is 4.94. The fourth-order valence-electron chi connectivity index (χ4n) is 2.14. The van der Waals surface area contributed by atoms with Crippen LogP contribution in [0.15, 0.2) is 17.0 Å². The van der Waals surface area contributed by atoms with Gasteiger partial charge in [0.2, 0.25) is 10.0 Å². The number of aryl methyl sites for hydroxylation is 1. The van der Waals surface area contributed by atoms with Gasteiger partial charge in [0.1, 0.15) is 5.75 Å². The molecular formula is C15H26N2O3S. The first-order chi connectivity index (χ1) is 9.83. The van der Waals surface area contributed by atoms with Gasteiger partial charge in [0, 0.05) is 6.54 Å². The third kappa shape index (κ3) is 4.69. The standard InChI is InChI=1S/C15H26N2O3S/c1-11(2)13-10-15(12(3)9-14(13)20-5)21(18,19)17-8-6-7-16-4/h9-11,16-17H,6-8H2,1-5H3. The number of sulfonamides is 1. The first kappa shape index (κ1) is 17.9. The molecule has 0 unspecified atom stereocenters. The van der Waals surface area contributed by atoms with Crippen LogP contribution in [-0.2, 0) is 10.0 Å². The van der Waals surface area contributed by atoms with E-state index in [9.17, 15) is 8.42 Å². The molecule has 2 N–H and O–H groups in total. The molecule has 0 saturated carbocycles. The Kier molecular flexibility index (Phi) is 6.64. The molecular weight excluding hydrogens is 288 g/mol. The molecule has 0 aliphatic heterocycles. The average molecular weight is 314 g/mol. The normalized spacial score (nSPS) is 11.9. The summed E-state index contributed by atoms with van der Waals surface area (Å²) in [6.45, 7) is 7.02. The summed E-state index contributed by atoms with van der Waals surface area (Å²) >= 11 is 0. The summed E-state index contributed by atoms with van der Waals surface area (Å²) in [6, 6.07) is 3.51. The van der Waals surface area contributed by atoms with E-state index >= 15 is 0 Å². The summed E-state index contributed by atoms with van der Waals surface area (Å²) in [5.74, 6) is 0.926. The first-order valence-corrected chi connectivity index (χ1v) is 8.64. The maximum Gasteiger partial charge on any atom is 0.240 e. The first-order valence-electron chi connectivity index (χ1n) is 7.16. The summed E-state index contributed by atoms with van der Waals surface area (Å²) in [4.78, 5) is 0.330. The highest BCUT2D eigenvalue weighted by Crippen LogP contribution is 2.31. The van der Waals surface area contributed by atoms with E-state index in [4.69, 9.17) is 4.74 Å². The van der Waals surface area contributed by atoms with Gasteiger partial charge in [-0.25, -0.2) is 13.1 Å². The van der Waals surface area contributed by atoms with Crippen LogP contribution in [0.5, 0.6) is 5.75 Å². The van der Waals surface area contributed by atoms with Crippen LogP contribution >= 0.6 is 0 Å². The lowest BCUT2D eigenvalue weighted by molar-refractivity contribution is 0.406. The van der Waals surface area contributed by atoms with Crippen LogP contribution in [0.3, 0.4) is 0 Å². The minimum Gasteiger partial charge on any atom is -0.496 e. The second-order valence-corrected chi connectivity index (χ2v) is 7.10. The molecule has 1 aromatic carbocycles. The zero-order valence-electron chi connectivity index (χ0n) is 13.5. The molecule has 0 amide bonds. The Morgan fingerprint density at radius 2 is 1.90 bits per heavy atom. The lowest BCUT2D eigenvalue weighted by Gasteiger charge is -2.16. The monoisotopic (exact) mass is 314 g/mol. The van der Waals surface area contributed by atoms with E-state index in [-0.39, 0.29) is 5.92 Å². The van der Waals surface area contributed by atoms with E-state index in [1.54, 1.807) is 26.2 Å². The molecule has 5 nitrogen and oxygen atoms in total. The van der Waals surface area contributed by atoms with Gasteiger partial charge in [0.25, 0.3) is 0 Å². The Hall–Kier alpha value is -1.11. The Balaban J connectivity index is 3.08. The maximum atomic E-state index is 12.4. The van der Waals surface area contributed by atoms with E-state index in [1.807, 2.05) is 20.9 Å². The molecule has 0 aliphatic rings. The molecule has 0 heterocycles. The zero-order chi connectivity index (χ0) is 16.0. The Morgan fingerprint density at radius 3 is 2.43 bits per heavy atom. The molecule has 1 rings (SSSR count). The van der Waals surface area contributed by atoms with Gasteiger partial charge < -0.3 is 10.1 Å². The van der Waals surface area contributed by atoms with E-state index in [2.05, 4.69) is 10.0 Å². The minimum atomic E-state index is -3.49. The number of methoxy groups -OCH3 is 1. The predicted molar refractivity (Wildman–Crippen MR) is 85.6 cm³/mol. The highest BCUT2D eigenvalue weighted by Gasteiger charge is 2.20. The van der Waals surface area contributed by atoms with Crippen molar-refractivity contribution in [3.63, 3.8) is 0 Å². The van der Waals surface area contributed by atoms with Crippen molar-refractivity contribution in [2.45, 2.75) is 38.0 Å². The van der Waals surface area contributed by atoms with Crippen LogP contribution in [0.25, 0.3) is 0 Å². The van der Waals surface area contributed by atoms with Crippen LogP contribution in [0.2, 0.25) is 0 Å². The van der Waals surface area contributed by atoms with E-state index in [0.29, 0.717) is 17.0 Å². The van der Waals surface area contributed by atoms with Crippen molar-refractivity contribution in [2.75, 3.05) is 27.2 Å². The van der Waals surface area contributed by atoms with Gasteiger partial charge in [0.05, 0.1) is 12.0 Å². The highest BCUT2D eigenvalue weighted by atomic mass is 32.2. The quantitative estimate of drug-likeness (QED) is 0.720. The van der Waals surface area contributed by atoms with Crippen LogP contribution in [0.4, 0.5) is 0 Å². The average Bonchev–Trinajstić information content (AvgIpc) is 2.42. The molecule has 6 heteroatoms. The van der Waals surface area contributed by atoms with Crippen LogP contribution < -0.4 is 14.8 Å². The van der Waals surface area contributed by atoms with Gasteiger partial charge in [0.15, 0.2) is 0 Å². The van der Waals surface area contributed by atoms with Crippen molar-refractivity contribution in [3.8, 4) is 5.75 Å². The predicted octanol–water partition coefficient (Wildman–Crippen LogP) is 2.01. The molecule has 0 atom stereocenters. The molecule has 1 aromatic rings. The van der Waals surface area contributed by atoms with Crippen molar-refractivity contribution >= 4 is 10.0 Å². The highest BCUT2D eigenvalue weighted by molar-refractivity contribution is 7.89. The molecule has 0 bridgehead atoms. The Morgan fingerprint density at radius 1 is 1.24 bits per heavy atom. The number of benzene rings is 1. The molecule has 21 heavy (non-hydrogen) atoms. The van der Waals surface area contributed by atoms with Gasteiger partial charge >= 0.3 is 0 Å². The molecule has 0 spiro atoms. The van der Waals surface area contributed by atoms with Gasteiger partial charge in [-0.1, -0.05) is 13.8 Å². The number of hydrogen-bond donors (Lipinski definition) is 2. The SMILES string of the molecule is CNCCCNS(=O)(=O)c1cc(C(C)C)c(OC)cc1C. The molecule has 120 valence electrons. The lowest BCUT2D eigenvalue weighted by atomic mass is 10.0. The summed E-state index contributed by atoms with van der Waals surface area (Å²) in [7, 11) is -0.0395. The van der Waals surface area contributed by atoms with Gasteiger partial charge in [-0.05, 0) is 56.1 Å². The summed E-state index contributed by atoms with van der Waals surface area (Å²) in [6.07, 6.45) is 0.752. The van der Waals surface area contributed by atoms with E-state index in [1.165, 1.54) is 0 Å². The molecule has 0 aliphatic carbocycles. The summed E-state index contributed by atoms with van der Waals surface area (Å²) < 4.78 is 32.8. The molecule has 0 saturated heterocycles. The summed E-state index contributed by atoms with van der Waals surface area (Å²) in [5.41, 5.74) is 1.59. The number of hydrogen-bond acceptors (Lipinski definition) is 4. The summed E-state index contributed by atoms with van der Waals surface area (Å²) in [5, 5.41) is 2.99. The van der Waals surface area contributed by atoms with Crippen molar-refractivity contribution in [1.82, 2.24) is 10.0 Å². The van der Waals surface area contributed by atoms with Crippen LogP contribution in [0, 0.1) is 6.92 Å². The molecule has 0 fully saturated rings. The van der Waals surface area contributed by atoms with E-state index < -0.39 is 10.0 Å². The zero-order valence-corrected chi connectivity index (χ0v) is 14.3. The van der Waals surface area contributed by atoms with Crippen molar-refractivity contribution in [1.29, 1.82) is 0 Å². The van der Waals surface area contributed by atoms with E-state index in [0.717, 1.165) is 24.3 Å². The molecule has 0 aromatic heterocycles. The minimum absolute atomic E-state index is 0.193. The largest absolute Gasteiger partial charge is 0.496 e. The van der Waals surface area contributed by atoms with Crippen molar-refractivity contribution in [2.24, 2.45) is 0 Å². The Bertz CT molecular complexity index is 569. The number of ether oxygens (including phenoxy) is 1. The van der Waals surface area contributed by atoms with Gasteiger partial charge in [-0.15, -0.1) is 0 Å². The smallest absolute Gasteiger partial charge is 0.240 e. The number of rotatable bonds is 8. The third-order valence-electron chi connectivity index (χ3n) is 3.33. The second kappa shape index (κ2) is 7.77. The lowest BCUT2D eigenvalue weighted by Crippen LogP contribution is -2.27. The Labute approximate surface area is 128 Å². The topological polar surface area (TPSA) is 67.4 Å². The maximum absolute atomic E-state index is 12.4. The molecule has 0 radical (unpaired) electrons. The van der Waals surface area contributed by atoms with Crippen LogP contribution in [-0.4, -0.2) is 35.7 Å². The fraction of sp³-hybridized carbons (Fsp3) is 0.600. The van der Waals surface area contributed by atoms with Crippen LogP contribution in [0.1, 0.15) is 37.3 Å².